The third-order valence-electron chi connectivity index (χ3n) is 5.89. The number of thiophene rings is 1. The molecule has 4 rings (SSSR count). The molecule has 0 fully saturated rings. The Morgan fingerprint density at radius 1 is 0.974 bits per heavy atom. The number of nitrogens with zero attached hydrogens (tertiary/aromatic N) is 1. The van der Waals surface area contributed by atoms with Crippen molar-refractivity contribution in [2.75, 3.05) is 37.9 Å². The zero-order valence-corrected chi connectivity index (χ0v) is 22.4. The number of benzene rings is 2. The predicted molar refractivity (Wildman–Crippen MR) is 140 cm³/mol. The molecular formula is C25H25N3O8S2. The molecule has 0 radical (unpaired) electrons. The van der Waals surface area contributed by atoms with Gasteiger partial charge >= 0.3 is 12.1 Å². The topological polar surface area (TPSA) is 140 Å². The van der Waals surface area contributed by atoms with Gasteiger partial charge in [-0.05, 0) is 48.4 Å². The van der Waals surface area contributed by atoms with Crippen molar-refractivity contribution < 1.29 is 37.0 Å². The van der Waals surface area contributed by atoms with Crippen molar-refractivity contribution in [3.63, 3.8) is 0 Å². The van der Waals surface area contributed by atoms with Crippen LogP contribution in [-0.4, -0.2) is 59.2 Å². The first-order chi connectivity index (χ1) is 18.2. The lowest BCUT2D eigenvalue weighted by molar-refractivity contribution is 0.0600. The van der Waals surface area contributed by atoms with Crippen molar-refractivity contribution in [1.29, 1.82) is 0 Å². The molecule has 0 bridgehead atoms. The van der Waals surface area contributed by atoms with Crippen LogP contribution < -0.4 is 14.8 Å². The molecule has 1 aromatic heterocycles. The van der Waals surface area contributed by atoms with Gasteiger partial charge in [0.05, 0.1) is 49.6 Å². The summed E-state index contributed by atoms with van der Waals surface area (Å²) in [6.45, 7) is 0.550. The van der Waals surface area contributed by atoms with Gasteiger partial charge in [-0.1, -0.05) is 12.1 Å². The number of hydrogen-bond donors (Lipinski definition) is 2. The number of nitrogens with one attached hydrogen (secondary N) is 2. The van der Waals surface area contributed by atoms with Gasteiger partial charge in [0.1, 0.15) is 10.8 Å². The quantitative estimate of drug-likeness (QED) is 0.418. The van der Waals surface area contributed by atoms with Crippen LogP contribution in [-0.2, 0) is 32.5 Å². The molecule has 0 saturated heterocycles. The third kappa shape index (κ3) is 5.43. The van der Waals surface area contributed by atoms with Crippen LogP contribution in [0.1, 0.15) is 31.2 Å². The molecule has 0 spiro atoms. The second-order valence-electron chi connectivity index (χ2n) is 8.12. The largest absolute Gasteiger partial charge is 0.497 e. The van der Waals surface area contributed by atoms with E-state index in [0.717, 1.165) is 11.3 Å². The number of fused-ring (bicyclic) bond motifs is 1. The van der Waals surface area contributed by atoms with Gasteiger partial charge in [-0.3, -0.25) is 9.52 Å². The zero-order valence-electron chi connectivity index (χ0n) is 20.8. The van der Waals surface area contributed by atoms with Crippen molar-refractivity contribution in [2.45, 2.75) is 17.9 Å². The van der Waals surface area contributed by atoms with E-state index in [1.54, 1.807) is 12.1 Å². The maximum atomic E-state index is 13.3. The van der Waals surface area contributed by atoms with Crippen molar-refractivity contribution >= 4 is 50.0 Å². The molecule has 38 heavy (non-hydrogen) atoms. The number of amides is 2. The lowest BCUT2D eigenvalue weighted by Crippen LogP contribution is -2.35. The summed E-state index contributed by atoms with van der Waals surface area (Å²) in [6, 6.07) is 11.9. The predicted octanol–water partition coefficient (Wildman–Crippen LogP) is 3.72. The molecule has 0 aliphatic carbocycles. The summed E-state index contributed by atoms with van der Waals surface area (Å²) in [6.07, 6.45) is -0.119. The highest BCUT2D eigenvalue weighted by Crippen LogP contribution is 2.38. The minimum atomic E-state index is -4.02. The molecule has 2 N–H and O–H groups in total. The van der Waals surface area contributed by atoms with Gasteiger partial charge in [-0.2, -0.15) is 0 Å². The second kappa shape index (κ2) is 11.1. The summed E-state index contributed by atoms with van der Waals surface area (Å²) >= 11 is 1.15. The highest BCUT2D eigenvalue weighted by Gasteiger charge is 2.31. The molecule has 13 heteroatoms. The number of carbonyl (C=O) groups is 3. The number of carbonyl (C=O) groups excluding carboxylic acids is 3. The van der Waals surface area contributed by atoms with Crippen molar-refractivity contribution in [3.05, 3.63) is 70.1 Å². The molecule has 11 nitrogen and oxygen atoms in total. The fourth-order valence-electron chi connectivity index (χ4n) is 3.99. The highest BCUT2D eigenvalue weighted by molar-refractivity contribution is 7.92. The normalized spacial score (nSPS) is 12.8. The van der Waals surface area contributed by atoms with E-state index in [4.69, 9.17) is 14.2 Å². The molecule has 0 saturated carbocycles. The Bertz CT molecular complexity index is 1480. The van der Waals surface area contributed by atoms with Crippen LogP contribution >= 0.6 is 11.3 Å². The van der Waals surface area contributed by atoms with E-state index in [2.05, 4.69) is 10.0 Å². The number of esters is 1. The van der Waals surface area contributed by atoms with Crippen LogP contribution in [0.2, 0.25) is 0 Å². The van der Waals surface area contributed by atoms with E-state index in [9.17, 15) is 22.8 Å². The summed E-state index contributed by atoms with van der Waals surface area (Å²) in [5.41, 5.74) is 0.994. The molecular weight excluding hydrogens is 534 g/mol. The zero-order chi connectivity index (χ0) is 27.4. The lowest BCUT2D eigenvalue weighted by Gasteiger charge is -2.25. The molecule has 1 aliphatic heterocycles. The smallest absolute Gasteiger partial charge is 0.409 e. The lowest BCUT2D eigenvalue weighted by atomic mass is 10.0. The van der Waals surface area contributed by atoms with Gasteiger partial charge in [0, 0.05) is 11.4 Å². The third-order valence-corrected chi connectivity index (χ3v) is 8.41. The number of rotatable bonds is 7. The summed E-state index contributed by atoms with van der Waals surface area (Å²) < 4.78 is 43.2. The maximum Gasteiger partial charge on any atom is 0.409 e. The van der Waals surface area contributed by atoms with Gasteiger partial charge in [-0.15, -0.1) is 11.3 Å². The first-order valence-corrected chi connectivity index (χ1v) is 13.6. The van der Waals surface area contributed by atoms with Crippen LogP contribution in [0.25, 0.3) is 0 Å². The molecule has 1 aliphatic rings. The molecule has 2 amide bonds. The Labute approximate surface area is 223 Å². The molecule has 2 heterocycles. The number of sulfonamides is 1. The fraction of sp³-hybridized carbons (Fsp3) is 0.240. The SMILES string of the molecule is COC(=O)c1c(NC(=O)c2ccccc2NS(=O)(=O)c2ccc(OC)cc2)sc2c1CCN(C(=O)OC)C2. The van der Waals surface area contributed by atoms with E-state index < -0.39 is 28.0 Å². The van der Waals surface area contributed by atoms with E-state index in [-0.39, 0.29) is 33.3 Å². The highest BCUT2D eigenvalue weighted by atomic mass is 32.2. The van der Waals surface area contributed by atoms with Gasteiger partial charge < -0.3 is 24.4 Å². The van der Waals surface area contributed by atoms with Crippen LogP contribution in [0, 0.1) is 0 Å². The van der Waals surface area contributed by atoms with E-state index >= 15 is 0 Å². The minimum absolute atomic E-state index is 0.0115. The van der Waals surface area contributed by atoms with E-state index in [1.807, 2.05) is 0 Å². The summed E-state index contributed by atoms with van der Waals surface area (Å²) in [5, 5.41) is 2.97. The number of ether oxygens (including phenoxy) is 3. The molecule has 3 aromatic rings. The first-order valence-electron chi connectivity index (χ1n) is 11.3. The number of para-hydroxylation sites is 1. The summed E-state index contributed by atoms with van der Waals surface area (Å²) in [7, 11) is -0.0139. The van der Waals surface area contributed by atoms with Gasteiger partial charge in [0.25, 0.3) is 15.9 Å². The minimum Gasteiger partial charge on any atom is -0.497 e. The standard InChI is InChI=1S/C25H25N3O8S2/c1-34-15-8-10-16(11-9-15)38(32,33)27-19-7-5-4-6-17(19)22(29)26-23-21(24(30)35-2)18-12-13-28(25(31)36-3)14-20(18)37-23/h4-11,27H,12-14H2,1-3H3,(H,26,29). The van der Waals surface area contributed by atoms with Crippen LogP contribution in [0.5, 0.6) is 5.75 Å². The second-order valence-corrected chi connectivity index (χ2v) is 10.9. The van der Waals surface area contributed by atoms with Crippen molar-refractivity contribution in [1.82, 2.24) is 4.90 Å². The molecule has 2 aromatic carbocycles. The van der Waals surface area contributed by atoms with Crippen LogP contribution in [0.3, 0.4) is 0 Å². The number of anilines is 2. The molecule has 0 unspecified atom stereocenters. The van der Waals surface area contributed by atoms with E-state index in [0.29, 0.717) is 29.2 Å². The van der Waals surface area contributed by atoms with Gasteiger partial charge in [0.2, 0.25) is 0 Å². The average molecular weight is 560 g/mol. The molecule has 200 valence electrons. The summed E-state index contributed by atoms with van der Waals surface area (Å²) in [5.74, 6) is -0.761. The maximum absolute atomic E-state index is 13.3. The van der Waals surface area contributed by atoms with Gasteiger partial charge in [0.15, 0.2) is 0 Å². The Morgan fingerprint density at radius 3 is 2.34 bits per heavy atom. The van der Waals surface area contributed by atoms with Crippen molar-refractivity contribution in [2.24, 2.45) is 0 Å². The molecule has 0 atom stereocenters. The first kappa shape index (κ1) is 26.9. The van der Waals surface area contributed by atoms with Crippen molar-refractivity contribution in [3.8, 4) is 5.75 Å². The Hall–Kier alpha value is -4.10. The number of methoxy groups -OCH3 is 3. The average Bonchev–Trinajstić information content (AvgIpc) is 3.29. The van der Waals surface area contributed by atoms with Gasteiger partial charge in [-0.25, -0.2) is 18.0 Å². The fourth-order valence-corrected chi connectivity index (χ4v) is 6.32. The van der Waals surface area contributed by atoms with E-state index in [1.165, 1.54) is 62.6 Å². The Balaban J connectivity index is 1.63. The Kier molecular flexibility index (Phi) is 7.88. The summed E-state index contributed by atoms with van der Waals surface area (Å²) in [4.78, 5) is 40.2. The van der Waals surface area contributed by atoms with Crippen LogP contribution in [0.4, 0.5) is 15.5 Å². The van der Waals surface area contributed by atoms with Crippen LogP contribution in [0.15, 0.2) is 53.4 Å². The number of hydrogen-bond acceptors (Lipinski definition) is 9. The monoisotopic (exact) mass is 559 g/mol. The Morgan fingerprint density at radius 2 is 1.68 bits per heavy atom.